The van der Waals surface area contributed by atoms with Crippen molar-refractivity contribution < 1.29 is 15.3 Å². The summed E-state index contributed by atoms with van der Waals surface area (Å²) in [5.41, 5.74) is -0.359. The molecule has 0 spiro atoms. The molecule has 2 unspecified atom stereocenters. The van der Waals surface area contributed by atoms with Crippen LogP contribution in [0.15, 0.2) is 0 Å². The molecule has 3 saturated carbocycles. The van der Waals surface area contributed by atoms with Crippen molar-refractivity contribution in [2.24, 2.45) is 34.5 Å². The van der Waals surface area contributed by atoms with E-state index in [9.17, 15) is 15.3 Å². The lowest BCUT2D eigenvalue weighted by Gasteiger charge is -2.57. The zero-order valence-electron chi connectivity index (χ0n) is 15.4. The molecular weight excluding hydrogens is 288 g/mol. The summed E-state index contributed by atoms with van der Waals surface area (Å²) >= 11 is 0. The van der Waals surface area contributed by atoms with Crippen molar-refractivity contribution in [2.75, 3.05) is 6.61 Å². The van der Waals surface area contributed by atoms with E-state index in [2.05, 4.69) is 20.8 Å². The van der Waals surface area contributed by atoms with Crippen LogP contribution < -0.4 is 0 Å². The van der Waals surface area contributed by atoms with Crippen LogP contribution >= 0.6 is 0 Å². The van der Waals surface area contributed by atoms with Crippen molar-refractivity contribution in [3.05, 3.63) is 0 Å². The summed E-state index contributed by atoms with van der Waals surface area (Å²) in [6.07, 6.45) is 6.69. The summed E-state index contributed by atoms with van der Waals surface area (Å²) in [7, 11) is 0. The van der Waals surface area contributed by atoms with Crippen LogP contribution in [-0.2, 0) is 0 Å². The van der Waals surface area contributed by atoms with Gasteiger partial charge < -0.3 is 15.3 Å². The van der Waals surface area contributed by atoms with Crippen molar-refractivity contribution >= 4 is 0 Å². The average Bonchev–Trinajstić information content (AvgIpc) is 2.73. The molecule has 0 aromatic rings. The molecule has 0 aromatic heterocycles. The summed E-state index contributed by atoms with van der Waals surface area (Å²) in [6, 6.07) is 0. The highest BCUT2D eigenvalue weighted by Gasteiger charge is 2.60. The molecule has 8 atom stereocenters. The van der Waals surface area contributed by atoms with Gasteiger partial charge in [-0.15, -0.1) is 0 Å². The summed E-state index contributed by atoms with van der Waals surface area (Å²) in [4.78, 5) is 0. The van der Waals surface area contributed by atoms with Gasteiger partial charge in [-0.2, -0.15) is 0 Å². The molecule has 0 heterocycles. The van der Waals surface area contributed by atoms with E-state index in [0.29, 0.717) is 17.8 Å². The zero-order chi connectivity index (χ0) is 17.0. The van der Waals surface area contributed by atoms with E-state index < -0.39 is 5.60 Å². The number of aliphatic hydroxyl groups is 3. The van der Waals surface area contributed by atoms with E-state index >= 15 is 0 Å². The Kier molecular flexibility index (Phi) is 4.39. The van der Waals surface area contributed by atoms with Crippen LogP contribution in [0.3, 0.4) is 0 Å². The molecule has 3 aliphatic carbocycles. The molecule has 3 N–H and O–H groups in total. The first kappa shape index (κ1) is 17.7. The van der Waals surface area contributed by atoms with Gasteiger partial charge in [0.1, 0.15) is 0 Å². The maximum atomic E-state index is 10.9. The maximum Gasteiger partial charge on any atom is 0.0675 e. The van der Waals surface area contributed by atoms with E-state index in [4.69, 9.17) is 0 Å². The molecule has 0 amide bonds. The van der Waals surface area contributed by atoms with Crippen LogP contribution in [0.4, 0.5) is 0 Å². The minimum Gasteiger partial charge on any atom is -0.396 e. The van der Waals surface area contributed by atoms with Crippen molar-refractivity contribution in [3.8, 4) is 0 Å². The second-order valence-corrected chi connectivity index (χ2v) is 9.65. The fourth-order valence-electron chi connectivity index (χ4n) is 6.84. The van der Waals surface area contributed by atoms with Gasteiger partial charge in [0.15, 0.2) is 0 Å². The number of aliphatic hydroxyl groups excluding tert-OH is 2. The first-order valence-corrected chi connectivity index (χ1v) is 9.67. The summed E-state index contributed by atoms with van der Waals surface area (Å²) in [5, 5.41) is 30.8. The number of rotatable bonds is 2. The minimum atomic E-state index is -0.531. The third-order valence-corrected chi connectivity index (χ3v) is 8.81. The zero-order valence-corrected chi connectivity index (χ0v) is 15.4. The predicted octanol–water partition coefficient (Wildman–Crippen LogP) is 3.36. The van der Waals surface area contributed by atoms with Crippen LogP contribution in [0.1, 0.15) is 72.6 Å². The molecule has 0 bridgehead atoms. The van der Waals surface area contributed by atoms with Gasteiger partial charge in [-0.05, 0) is 86.4 Å². The van der Waals surface area contributed by atoms with Crippen LogP contribution in [0.25, 0.3) is 0 Å². The van der Waals surface area contributed by atoms with Gasteiger partial charge in [0, 0.05) is 6.61 Å². The Morgan fingerprint density at radius 2 is 1.61 bits per heavy atom. The Balaban J connectivity index is 1.85. The Bertz CT molecular complexity index is 448. The quantitative estimate of drug-likeness (QED) is 0.730. The topological polar surface area (TPSA) is 60.7 Å². The van der Waals surface area contributed by atoms with Gasteiger partial charge in [0.2, 0.25) is 0 Å². The van der Waals surface area contributed by atoms with Crippen molar-refractivity contribution in [1.29, 1.82) is 0 Å². The van der Waals surface area contributed by atoms with Crippen LogP contribution in [0.5, 0.6) is 0 Å². The SMILES string of the molecule is C[C@H]1C2CC[C@](C)(O)[C@@]2(C)CCC1[C@@]1(C)CC[C@H](O)C[C@@H]1CO. The van der Waals surface area contributed by atoms with Crippen LogP contribution in [0.2, 0.25) is 0 Å². The molecule has 3 rings (SSSR count). The van der Waals surface area contributed by atoms with E-state index in [1.807, 2.05) is 6.92 Å². The van der Waals surface area contributed by atoms with E-state index in [0.717, 1.165) is 44.9 Å². The van der Waals surface area contributed by atoms with Gasteiger partial charge in [-0.1, -0.05) is 20.8 Å². The second-order valence-electron chi connectivity index (χ2n) is 9.65. The first-order chi connectivity index (χ1) is 10.7. The van der Waals surface area contributed by atoms with E-state index in [-0.39, 0.29) is 29.5 Å². The van der Waals surface area contributed by atoms with E-state index in [1.54, 1.807) is 0 Å². The van der Waals surface area contributed by atoms with Crippen molar-refractivity contribution in [3.63, 3.8) is 0 Å². The van der Waals surface area contributed by atoms with Crippen LogP contribution in [-0.4, -0.2) is 33.6 Å². The summed E-state index contributed by atoms with van der Waals surface area (Å²) in [5.74, 6) is 1.97. The molecule has 0 aliphatic heterocycles. The van der Waals surface area contributed by atoms with Crippen molar-refractivity contribution in [1.82, 2.24) is 0 Å². The standard InChI is InChI=1S/C20H36O3/c1-13-16(18(2)8-5-15(22)11-14(18)12-21)6-9-19(3)17(13)7-10-20(19,4)23/h13-17,21-23H,5-12H2,1-4H3/t13-,14-,15+,16?,17?,18+,19+,20+/m1/s1. The largest absolute Gasteiger partial charge is 0.396 e. The molecule has 0 aromatic carbocycles. The number of hydrogen-bond donors (Lipinski definition) is 3. The normalized spacial score (nSPS) is 57.3. The average molecular weight is 325 g/mol. The Hall–Kier alpha value is -0.120. The Labute approximate surface area is 141 Å². The van der Waals surface area contributed by atoms with Gasteiger partial charge >= 0.3 is 0 Å². The monoisotopic (exact) mass is 324 g/mol. The Morgan fingerprint density at radius 3 is 2.26 bits per heavy atom. The smallest absolute Gasteiger partial charge is 0.0675 e. The van der Waals surface area contributed by atoms with Gasteiger partial charge in [-0.25, -0.2) is 0 Å². The highest BCUT2D eigenvalue weighted by molar-refractivity contribution is 5.10. The highest BCUT2D eigenvalue weighted by Crippen LogP contribution is 2.64. The second kappa shape index (κ2) is 5.71. The molecule has 3 heteroatoms. The minimum absolute atomic E-state index is 0.0438. The third kappa shape index (κ3) is 2.49. The molecule has 0 radical (unpaired) electrons. The van der Waals surface area contributed by atoms with Gasteiger partial charge in [-0.3, -0.25) is 0 Å². The van der Waals surface area contributed by atoms with Gasteiger partial charge in [0.05, 0.1) is 11.7 Å². The lowest BCUT2D eigenvalue weighted by molar-refractivity contribution is -0.132. The first-order valence-electron chi connectivity index (χ1n) is 9.67. The van der Waals surface area contributed by atoms with Crippen LogP contribution in [0, 0.1) is 34.5 Å². The number of hydrogen-bond acceptors (Lipinski definition) is 3. The molecular formula is C20H36O3. The fourth-order valence-corrected chi connectivity index (χ4v) is 6.84. The molecule has 3 aliphatic rings. The maximum absolute atomic E-state index is 10.9. The molecule has 3 nitrogen and oxygen atoms in total. The highest BCUT2D eigenvalue weighted by atomic mass is 16.3. The fraction of sp³-hybridized carbons (Fsp3) is 1.00. The molecule has 23 heavy (non-hydrogen) atoms. The predicted molar refractivity (Wildman–Crippen MR) is 91.9 cm³/mol. The lowest BCUT2D eigenvalue weighted by Crippen LogP contribution is -2.53. The van der Waals surface area contributed by atoms with Crippen molar-refractivity contribution in [2.45, 2.75) is 84.3 Å². The summed E-state index contributed by atoms with van der Waals surface area (Å²) in [6.45, 7) is 9.27. The molecule has 3 fully saturated rings. The summed E-state index contributed by atoms with van der Waals surface area (Å²) < 4.78 is 0. The molecule has 0 saturated heterocycles. The number of fused-ring (bicyclic) bond motifs is 1. The third-order valence-electron chi connectivity index (χ3n) is 8.81. The van der Waals surface area contributed by atoms with E-state index in [1.165, 1.54) is 0 Å². The lowest BCUT2D eigenvalue weighted by atomic mass is 9.49. The molecule has 134 valence electrons. The van der Waals surface area contributed by atoms with Gasteiger partial charge in [0.25, 0.3) is 0 Å². The Morgan fingerprint density at radius 1 is 0.957 bits per heavy atom.